The van der Waals surface area contributed by atoms with Crippen molar-refractivity contribution < 1.29 is 9.47 Å². The number of H-pyrrole nitrogens is 1. The Labute approximate surface area is 98.2 Å². The van der Waals surface area contributed by atoms with Gasteiger partial charge in [0.15, 0.2) is 0 Å². The first-order valence-corrected chi connectivity index (χ1v) is 5.32. The second-order valence-corrected chi connectivity index (χ2v) is 3.74. The number of nitrogens with zero attached hydrogens (tertiary/aromatic N) is 1. The first-order valence-electron chi connectivity index (χ1n) is 5.32. The Morgan fingerprint density at radius 1 is 1.06 bits per heavy atom. The van der Waals surface area contributed by atoms with Crippen LogP contribution in [-0.2, 0) is 0 Å². The molecule has 0 saturated heterocycles. The minimum Gasteiger partial charge on any atom is -0.496 e. The lowest BCUT2D eigenvalue weighted by Crippen LogP contribution is -1.87. The van der Waals surface area contributed by atoms with Gasteiger partial charge >= 0.3 is 0 Å². The third-order valence-corrected chi connectivity index (χ3v) is 2.89. The highest BCUT2D eigenvalue weighted by Crippen LogP contribution is 2.37. The molecule has 0 spiro atoms. The van der Waals surface area contributed by atoms with Gasteiger partial charge in [-0.1, -0.05) is 0 Å². The minimum atomic E-state index is 0.791. The Balaban J connectivity index is 2.53. The Hall–Kier alpha value is -2.23. The standard InChI is InChI=1S/C13H12N2O2/c1-16-9-5-6-10(17-2)12-11(9)8-4-3-7-14-13(8)15-12/h3-7H,1-2H3,(H,14,15). The fourth-order valence-electron chi connectivity index (χ4n) is 2.12. The van der Waals surface area contributed by atoms with Gasteiger partial charge < -0.3 is 14.5 Å². The zero-order chi connectivity index (χ0) is 11.8. The van der Waals surface area contributed by atoms with Gasteiger partial charge in [-0.25, -0.2) is 4.98 Å². The van der Waals surface area contributed by atoms with Crippen molar-refractivity contribution in [1.82, 2.24) is 9.97 Å². The Kier molecular flexibility index (Phi) is 2.14. The molecule has 0 fully saturated rings. The van der Waals surface area contributed by atoms with Gasteiger partial charge in [0.25, 0.3) is 0 Å². The fraction of sp³-hybridized carbons (Fsp3) is 0.154. The molecule has 0 unspecified atom stereocenters. The molecule has 0 aliphatic rings. The number of nitrogens with one attached hydrogen (secondary N) is 1. The summed E-state index contributed by atoms with van der Waals surface area (Å²) in [5, 5.41) is 2.05. The van der Waals surface area contributed by atoms with Crippen molar-refractivity contribution in [1.29, 1.82) is 0 Å². The van der Waals surface area contributed by atoms with Crippen LogP contribution in [0.2, 0.25) is 0 Å². The molecule has 0 atom stereocenters. The van der Waals surface area contributed by atoms with Crippen LogP contribution in [0.1, 0.15) is 0 Å². The number of rotatable bonds is 2. The molecular weight excluding hydrogens is 216 g/mol. The molecule has 2 aromatic heterocycles. The molecule has 0 saturated carbocycles. The van der Waals surface area contributed by atoms with E-state index in [4.69, 9.17) is 9.47 Å². The van der Waals surface area contributed by atoms with Gasteiger partial charge in [-0.15, -0.1) is 0 Å². The summed E-state index contributed by atoms with van der Waals surface area (Å²) < 4.78 is 10.7. The normalized spacial score (nSPS) is 10.9. The quantitative estimate of drug-likeness (QED) is 0.733. The molecule has 0 radical (unpaired) electrons. The minimum absolute atomic E-state index is 0.791. The van der Waals surface area contributed by atoms with Crippen LogP contribution in [0.4, 0.5) is 0 Å². The summed E-state index contributed by atoms with van der Waals surface area (Å²) in [5.74, 6) is 1.61. The van der Waals surface area contributed by atoms with Crippen LogP contribution in [-0.4, -0.2) is 24.2 Å². The number of hydrogen-bond acceptors (Lipinski definition) is 3. The molecule has 3 aromatic rings. The molecule has 4 heteroatoms. The predicted octanol–water partition coefficient (Wildman–Crippen LogP) is 2.73. The molecule has 1 N–H and O–H groups in total. The first kappa shape index (κ1) is 9.96. The summed E-state index contributed by atoms with van der Waals surface area (Å²) in [7, 11) is 3.32. The molecule has 0 bridgehead atoms. The van der Waals surface area contributed by atoms with Crippen LogP contribution in [0.5, 0.6) is 11.5 Å². The van der Waals surface area contributed by atoms with Crippen molar-refractivity contribution in [2.75, 3.05) is 14.2 Å². The molecule has 0 amide bonds. The highest BCUT2D eigenvalue weighted by Gasteiger charge is 2.13. The molecule has 4 nitrogen and oxygen atoms in total. The van der Waals surface area contributed by atoms with Crippen molar-refractivity contribution >= 4 is 21.9 Å². The van der Waals surface area contributed by atoms with E-state index in [1.165, 1.54) is 0 Å². The summed E-state index contributed by atoms with van der Waals surface area (Å²) >= 11 is 0. The maximum atomic E-state index is 5.39. The van der Waals surface area contributed by atoms with Crippen LogP contribution in [0, 0.1) is 0 Å². The molecule has 0 aliphatic carbocycles. The van der Waals surface area contributed by atoms with Crippen molar-refractivity contribution in [3.63, 3.8) is 0 Å². The second-order valence-electron chi connectivity index (χ2n) is 3.74. The lowest BCUT2D eigenvalue weighted by atomic mass is 10.1. The van der Waals surface area contributed by atoms with E-state index in [2.05, 4.69) is 9.97 Å². The van der Waals surface area contributed by atoms with Gasteiger partial charge in [0, 0.05) is 11.6 Å². The Morgan fingerprint density at radius 2 is 1.82 bits per heavy atom. The largest absolute Gasteiger partial charge is 0.496 e. The third kappa shape index (κ3) is 1.34. The molecular formula is C13H12N2O2. The van der Waals surface area contributed by atoms with Gasteiger partial charge in [0.05, 0.1) is 25.1 Å². The van der Waals surface area contributed by atoms with Crippen LogP contribution in [0.3, 0.4) is 0 Å². The SMILES string of the molecule is COc1ccc(OC)c2c1[nH]c1ncccc12. The van der Waals surface area contributed by atoms with Gasteiger partial charge in [0.1, 0.15) is 17.1 Å². The monoisotopic (exact) mass is 228 g/mol. The van der Waals surface area contributed by atoms with Crippen molar-refractivity contribution in [3.05, 3.63) is 30.5 Å². The highest BCUT2D eigenvalue weighted by atomic mass is 16.5. The van der Waals surface area contributed by atoms with E-state index in [-0.39, 0.29) is 0 Å². The summed E-state index contributed by atoms with van der Waals surface area (Å²) in [5.41, 5.74) is 1.76. The van der Waals surface area contributed by atoms with Crippen LogP contribution in [0.15, 0.2) is 30.5 Å². The molecule has 2 heterocycles. The summed E-state index contributed by atoms with van der Waals surface area (Å²) in [6, 6.07) is 7.72. The molecule has 1 aromatic carbocycles. The van der Waals surface area contributed by atoms with E-state index in [9.17, 15) is 0 Å². The lowest BCUT2D eigenvalue weighted by Gasteiger charge is -2.05. The van der Waals surface area contributed by atoms with Crippen molar-refractivity contribution in [3.8, 4) is 11.5 Å². The zero-order valence-corrected chi connectivity index (χ0v) is 9.65. The number of methoxy groups -OCH3 is 2. The van der Waals surface area contributed by atoms with E-state index in [1.54, 1.807) is 20.4 Å². The van der Waals surface area contributed by atoms with Gasteiger partial charge in [-0.05, 0) is 24.3 Å². The number of benzene rings is 1. The van der Waals surface area contributed by atoms with E-state index in [1.807, 2.05) is 24.3 Å². The fourth-order valence-corrected chi connectivity index (χ4v) is 2.12. The second kappa shape index (κ2) is 3.66. The summed E-state index contributed by atoms with van der Waals surface area (Å²) in [4.78, 5) is 7.56. The lowest BCUT2D eigenvalue weighted by molar-refractivity contribution is 0.410. The van der Waals surface area contributed by atoms with E-state index < -0.39 is 0 Å². The molecule has 3 rings (SSSR count). The maximum Gasteiger partial charge on any atom is 0.143 e. The van der Waals surface area contributed by atoms with E-state index >= 15 is 0 Å². The number of aromatic amines is 1. The topological polar surface area (TPSA) is 47.1 Å². The van der Waals surface area contributed by atoms with Crippen molar-refractivity contribution in [2.24, 2.45) is 0 Å². The number of hydrogen-bond donors (Lipinski definition) is 1. The molecule has 17 heavy (non-hydrogen) atoms. The van der Waals surface area contributed by atoms with Crippen LogP contribution >= 0.6 is 0 Å². The van der Waals surface area contributed by atoms with Crippen LogP contribution in [0.25, 0.3) is 21.9 Å². The summed E-state index contributed by atoms with van der Waals surface area (Å²) in [6.45, 7) is 0. The van der Waals surface area contributed by atoms with E-state index in [0.717, 1.165) is 33.4 Å². The third-order valence-electron chi connectivity index (χ3n) is 2.89. The van der Waals surface area contributed by atoms with Gasteiger partial charge in [-0.2, -0.15) is 0 Å². The number of ether oxygens (including phenoxy) is 2. The maximum absolute atomic E-state index is 5.39. The molecule has 86 valence electrons. The smallest absolute Gasteiger partial charge is 0.143 e. The summed E-state index contributed by atoms with van der Waals surface area (Å²) in [6.07, 6.45) is 1.76. The van der Waals surface area contributed by atoms with Gasteiger partial charge in [-0.3, -0.25) is 0 Å². The Bertz CT molecular complexity index is 688. The number of aromatic nitrogens is 2. The molecule has 0 aliphatic heterocycles. The highest BCUT2D eigenvalue weighted by molar-refractivity contribution is 6.11. The number of fused-ring (bicyclic) bond motifs is 3. The van der Waals surface area contributed by atoms with Crippen molar-refractivity contribution in [2.45, 2.75) is 0 Å². The van der Waals surface area contributed by atoms with Crippen LogP contribution < -0.4 is 9.47 Å². The van der Waals surface area contributed by atoms with Gasteiger partial charge in [0.2, 0.25) is 0 Å². The number of pyridine rings is 1. The zero-order valence-electron chi connectivity index (χ0n) is 9.65. The Morgan fingerprint density at radius 3 is 2.59 bits per heavy atom. The average Bonchev–Trinajstić information content (AvgIpc) is 2.77. The first-order chi connectivity index (χ1) is 8.35. The van der Waals surface area contributed by atoms with E-state index in [0.29, 0.717) is 0 Å². The average molecular weight is 228 g/mol. The predicted molar refractivity (Wildman–Crippen MR) is 66.7 cm³/mol.